The second kappa shape index (κ2) is 5.55. The number of thioether (sulfide) groups is 1. The zero-order chi connectivity index (χ0) is 16.8. The Morgan fingerprint density at radius 2 is 2.08 bits per heavy atom. The average Bonchev–Trinajstić information content (AvgIpc) is 3.04. The van der Waals surface area contributed by atoms with Gasteiger partial charge in [0.15, 0.2) is 16.7 Å². The van der Waals surface area contributed by atoms with Gasteiger partial charge in [-0.1, -0.05) is 17.8 Å². The molecule has 124 valence electrons. The number of fused-ring (bicyclic) bond motifs is 2. The van der Waals surface area contributed by atoms with Crippen molar-refractivity contribution in [3.63, 3.8) is 0 Å². The number of rotatable bonds is 2. The van der Waals surface area contributed by atoms with Gasteiger partial charge in [-0.15, -0.1) is 0 Å². The van der Waals surface area contributed by atoms with Gasteiger partial charge in [-0.25, -0.2) is 0 Å². The van der Waals surface area contributed by atoms with Crippen molar-refractivity contribution in [2.75, 3.05) is 18.4 Å². The molecule has 2 aliphatic heterocycles. The Morgan fingerprint density at radius 3 is 2.88 bits per heavy atom. The van der Waals surface area contributed by atoms with Crippen LogP contribution in [-0.4, -0.2) is 28.5 Å². The number of nitrogens with zero attached hydrogens (tertiary/aromatic N) is 2. The molecule has 0 aliphatic carbocycles. The first-order valence-corrected chi connectivity index (χ1v) is 8.65. The number of benzene rings is 1. The highest BCUT2D eigenvalue weighted by atomic mass is 32.2. The lowest BCUT2D eigenvalue weighted by Crippen LogP contribution is -2.33. The number of nitrogens with one attached hydrogen (secondary N) is 1. The summed E-state index contributed by atoms with van der Waals surface area (Å²) >= 11 is 1.36. The predicted molar refractivity (Wildman–Crippen MR) is 88.9 cm³/mol. The maximum atomic E-state index is 12.6. The van der Waals surface area contributed by atoms with E-state index in [1.807, 2.05) is 18.4 Å². The molecule has 0 fully saturated rings. The van der Waals surface area contributed by atoms with Crippen molar-refractivity contribution < 1.29 is 14.3 Å². The van der Waals surface area contributed by atoms with Gasteiger partial charge in [0, 0.05) is 19.4 Å². The molecule has 8 heteroatoms. The molecule has 0 saturated heterocycles. The molecule has 1 atom stereocenters. The van der Waals surface area contributed by atoms with Crippen LogP contribution in [0.15, 0.2) is 28.2 Å². The molecule has 2 aliphatic rings. The Bertz CT molecular complexity index is 909. The monoisotopic (exact) mass is 345 g/mol. The summed E-state index contributed by atoms with van der Waals surface area (Å²) in [6, 6.07) is 5.50. The van der Waals surface area contributed by atoms with Crippen LogP contribution in [0.3, 0.4) is 0 Å². The molecule has 1 aromatic carbocycles. The quantitative estimate of drug-likeness (QED) is 0.659. The summed E-state index contributed by atoms with van der Waals surface area (Å²) < 4.78 is 12.5. The normalized spacial score (nSPS) is 18.2. The van der Waals surface area contributed by atoms with Crippen LogP contribution in [0.1, 0.15) is 23.5 Å². The van der Waals surface area contributed by atoms with E-state index in [-0.39, 0.29) is 30.6 Å². The zero-order valence-electron chi connectivity index (χ0n) is 13.2. The third-order valence-corrected chi connectivity index (χ3v) is 5.01. The first kappa shape index (κ1) is 15.1. The van der Waals surface area contributed by atoms with Gasteiger partial charge < -0.3 is 19.4 Å². The molecule has 1 N–H and O–H groups in total. The van der Waals surface area contributed by atoms with Crippen molar-refractivity contribution in [1.29, 1.82) is 0 Å². The average molecular weight is 345 g/mol. The highest BCUT2D eigenvalue weighted by Gasteiger charge is 2.32. The fraction of sp³-hybridized carbons (Fsp3) is 0.312. The van der Waals surface area contributed by atoms with Gasteiger partial charge in [0.1, 0.15) is 5.82 Å². The largest absolute Gasteiger partial charge is 0.454 e. The van der Waals surface area contributed by atoms with Crippen molar-refractivity contribution in [3.8, 4) is 11.5 Å². The molecular weight excluding hydrogens is 330 g/mol. The second-order valence-corrected chi connectivity index (χ2v) is 6.42. The lowest BCUT2D eigenvalue weighted by Gasteiger charge is -2.27. The SMILES string of the molecule is CSc1nc(=O)c2c(n1C)NC(=O)C[C@@H]2c1ccc2c(c1)OCO2. The number of ether oxygens (including phenoxy) is 2. The Balaban J connectivity index is 1.89. The van der Waals surface area contributed by atoms with Crippen LogP contribution in [-0.2, 0) is 11.8 Å². The summed E-state index contributed by atoms with van der Waals surface area (Å²) in [5.74, 6) is 1.33. The van der Waals surface area contributed by atoms with Crippen LogP contribution in [0.2, 0.25) is 0 Å². The molecule has 2 aromatic rings. The van der Waals surface area contributed by atoms with Crippen molar-refractivity contribution in [2.45, 2.75) is 17.5 Å². The highest BCUT2D eigenvalue weighted by Crippen LogP contribution is 2.40. The Morgan fingerprint density at radius 1 is 1.29 bits per heavy atom. The molecule has 0 radical (unpaired) electrons. The van der Waals surface area contributed by atoms with E-state index in [9.17, 15) is 9.59 Å². The standard InChI is InChI=1S/C16H15N3O4S/c1-19-14-13(15(21)18-16(19)24-2)9(6-12(20)17-14)8-3-4-10-11(5-8)23-7-22-10/h3-5,9H,6-7H2,1-2H3,(H,17,20)/t9-/m1/s1. The Hall–Kier alpha value is -2.48. The number of aromatic nitrogens is 2. The van der Waals surface area contributed by atoms with Crippen LogP contribution in [0.25, 0.3) is 0 Å². The fourth-order valence-electron chi connectivity index (χ4n) is 3.13. The van der Waals surface area contributed by atoms with E-state index in [1.165, 1.54) is 11.8 Å². The van der Waals surface area contributed by atoms with E-state index in [0.717, 1.165) is 5.56 Å². The lowest BCUT2D eigenvalue weighted by atomic mass is 9.86. The number of hydrogen-bond donors (Lipinski definition) is 1. The number of hydrogen-bond acceptors (Lipinski definition) is 6. The van der Waals surface area contributed by atoms with Gasteiger partial charge in [0.25, 0.3) is 5.56 Å². The van der Waals surface area contributed by atoms with E-state index in [4.69, 9.17) is 9.47 Å². The predicted octanol–water partition coefficient (Wildman–Crippen LogP) is 1.70. The Labute approximate surface area is 142 Å². The van der Waals surface area contributed by atoms with Gasteiger partial charge in [0.05, 0.1) is 5.56 Å². The summed E-state index contributed by atoms with van der Waals surface area (Å²) in [6.07, 6.45) is 2.04. The second-order valence-electron chi connectivity index (χ2n) is 5.64. The molecule has 3 heterocycles. The van der Waals surface area contributed by atoms with Crippen molar-refractivity contribution in [1.82, 2.24) is 9.55 Å². The van der Waals surface area contributed by atoms with Gasteiger partial charge in [-0.3, -0.25) is 9.59 Å². The molecule has 4 rings (SSSR count). The first-order chi connectivity index (χ1) is 11.6. The van der Waals surface area contributed by atoms with Gasteiger partial charge in [-0.05, 0) is 24.0 Å². The van der Waals surface area contributed by atoms with Crippen LogP contribution in [0.5, 0.6) is 11.5 Å². The molecule has 0 unspecified atom stereocenters. The molecule has 0 spiro atoms. The molecule has 0 bridgehead atoms. The minimum absolute atomic E-state index is 0.126. The Kier molecular flexibility index (Phi) is 3.49. The van der Waals surface area contributed by atoms with E-state index in [1.54, 1.807) is 17.7 Å². The third-order valence-electron chi connectivity index (χ3n) is 4.28. The van der Waals surface area contributed by atoms with E-state index in [0.29, 0.717) is 28.0 Å². The maximum absolute atomic E-state index is 12.6. The molecule has 24 heavy (non-hydrogen) atoms. The van der Waals surface area contributed by atoms with Crippen molar-refractivity contribution >= 4 is 23.5 Å². The van der Waals surface area contributed by atoms with E-state index in [2.05, 4.69) is 10.3 Å². The fourth-order valence-corrected chi connectivity index (χ4v) is 3.67. The summed E-state index contributed by atoms with van der Waals surface area (Å²) in [6.45, 7) is 0.181. The van der Waals surface area contributed by atoms with Crippen LogP contribution in [0, 0.1) is 0 Å². The first-order valence-electron chi connectivity index (χ1n) is 7.43. The summed E-state index contributed by atoms with van der Waals surface area (Å²) in [7, 11) is 1.79. The summed E-state index contributed by atoms with van der Waals surface area (Å²) in [5.41, 5.74) is 1.04. The molecule has 7 nitrogen and oxygen atoms in total. The molecule has 1 amide bonds. The minimum Gasteiger partial charge on any atom is -0.454 e. The smallest absolute Gasteiger partial charge is 0.279 e. The number of amides is 1. The number of anilines is 1. The summed E-state index contributed by atoms with van der Waals surface area (Å²) in [5, 5.41) is 3.37. The van der Waals surface area contributed by atoms with E-state index >= 15 is 0 Å². The topological polar surface area (TPSA) is 82.5 Å². The lowest BCUT2D eigenvalue weighted by molar-refractivity contribution is -0.116. The third kappa shape index (κ3) is 2.25. The molecular formula is C16H15N3O4S. The van der Waals surface area contributed by atoms with Crippen LogP contribution < -0.4 is 20.3 Å². The van der Waals surface area contributed by atoms with Gasteiger partial charge in [0.2, 0.25) is 12.7 Å². The van der Waals surface area contributed by atoms with Gasteiger partial charge >= 0.3 is 0 Å². The van der Waals surface area contributed by atoms with Crippen molar-refractivity contribution in [3.05, 3.63) is 39.7 Å². The summed E-state index contributed by atoms with van der Waals surface area (Å²) in [4.78, 5) is 28.9. The highest BCUT2D eigenvalue weighted by molar-refractivity contribution is 7.98. The zero-order valence-corrected chi connectivity index (χ0v) is 14.0. The number of carbonyl (C=O) groups excluding carboxylic acids is 1. The minimum atomic E-state index is -0.356. The molecule has 1 aromatic heterocycles. The number of carbonyl (C=O) groups is 1. The van der Waals surface area contributed by atoms with E-state index < -0.39 is 0 Å². The van der Waals surface area contributed by atoms with Crippen LogP contribution >= 0.6 is 11.8 Å². The maximum Gasteiger partial charge on any atom is 0.279 e. The van der Waals surface area contributed by atoms with Gasteiger partial charge in [-0.2, -0.15) is 4.98 Å². The van der Waals surface area contributed by atoms with Crippen LogP contribution in [0.4, 0.5) is 5.82 Å². The molecule has 0 saturated carbocycles. The van der Waals surface area contributed by atoms with Crippen molar-refractivity contribution in [2.24, 2.45) is 7.05 Å².